The Bertz CT molecular complexity index is 1190. The molecule has 0 aliphatic rings. The van der Waals surface area contributed by atoms with E-state index in [4.69, 9.17) is 9.97 Å². The van der Waals surface area contributed by atoms with Crippen LogP contribution in [0, 0.1) is 6.92 Å². The van der Waals surface area contributed by atoms with E-state index in [-0.39, 0.29) is 11.7 Å². The molecule has 0 aliphatic carbocycles. The monoisotopic (exact) mass is 413 g/mol. The van der Waals surface area contributed by atoms with Crippen LogP contribution in [0.5, 0.6) is 0 Å². The normalized spacial score (nSPS) is 10.9. The molecule has 1 heterocycles. The molecule has 0 aliphatic heterocycles. The molecule has 0 atom stereocenters. The number of thioether (sulfide) groups is 1. The Kier molecular flexibility index (Phi) is 6.10. The predicted octanol–water partition coefficient (Wildman–Crippen LogP) is 5.90. The van der Waals surface area contributed by atoms with E-state index in [0.29, 0.717) is 5.82 Å². The molecule has 0 spiro atoms. The first-order chi connectivity index (χ1) is 14.7. The zero-order valence-electron chi connectivity index (χ0n) is 17.1. The molecule has 4 aromatic rings. The number of hydrogen-bond acceptors (Lipinski definition) is 4. The summed E-state index contributed by atoms with van der Waals surface area (Å²) >= 11 is 1.45. The van der Waals surface area contributed by atoms with Gasteiger partial charge in [0, 0.05) is 16.6 Å². The Morgan fingerprint density at radius 3 is 2.50 bits per heavy atom. The van der Waals surface area contributed by atoms with Crippen molar-refractivity contribution >= 4 is 34.3 Å². The number of carbonyl (C=O) groups excluding carboxylic acids is 1. The van der Waals surface area contributed by atoms with Crippen molar-refractivity contribution in [3.63, 3.8) is 0 Å². The Balaban J connectivity index is 1.62. The zero-order valence-corrected chi connectivity index (χ0v) is 17.9. The minimum atomic E-state index is -0.0402. The third-order valence-corrected chi connectivity index (χ3v) is 5.93. The summed E-state index contributed by atoms with van der Waals surface area (Å²) in [6, 6.07) is 23.9. The van der Waals surface area contributed by atoms with E-state index < -0.39 is 0 Å². The summed E-state index contributed by atoms with van der Waals surface area (Å²) < 4.78 is 0. The number of nitrogens with one attached hydrogen (secondary N) is 1. The fraction of sp³-hybridized carbons (Fsp3) is 0.160. The van der Waals surface area contributed by atoms with Gasteiger partial charge in [0.25, 0.3) is 0 Å². The highest BCUT2D eigenvalue weighted by Gasteiger charge is 2.13. The number of rotatable bonds is 6. The van der Waals surface area contributed by atoms with E-state index in [1.807, 2.05) is 79.7 Å². The van der Waals surface area contributed by atoms with Crippen LogP contribution in [-0.2, 0) is 11.2 Å². The van der Waals surface area contributed by atoms with Crippen LogP contribution in [0.2, 0.25) is 0 Å². The van der Waals surface area contributed by atoms with Crippen LogP contribution < -0.4 is 5.32 Å². The Hall–Kier alpha value is -3.18. The molecule has 0 saturated carbocycles. The third-order valence-electron chi connectivity index (χ3n) is 4.94. The second-order valence-corrected chi connectivity index (χ2v) is 8.00. The third kappa shape index (κ3) is 4.36. The standard InChI is InChI=1S/C25H23N3OS/c1-3-18-11-7-8-15-21(18)26-22(29)16-30-25-20-14-9-10-17(2)23(20)27-24(28-25)19-12-5-4-6-13-19/h4-15H,3,16H2,1-2H3,(H,26,29). The molecule has 150 valence electrons. The first-order valence-corrected chi connectivity index (χ1v) is 11.0. The lowest BCUT2D eigenvalue weighted by Gasteiger charge is -2.11. The number of amides is 1. The Labute approximate surface area is 180 Å². The second kappa shape index (κ2) is 9.09. The molecule has 1 amide bonds. The van der Waals surface area contributed by atoms with Crippen LogP contribution in [0.15, 0.2) is 77.8 Å². The van der Waals surface area contributed by atoms with E-state index in [0.717, 1.165) is 44.7 Å². The van der Waals surface area contributed by atoms with Gasteiger partial charge in [0.05, 0.1) is 11.3 Å². The minimum absolute atomic E-state index is 0.0402. The Morgan fingerprint density at radius 1 is 0.933 bits per heavy atom. The number of carbonyl (C=O) groups is 1. The van der Waals surface area contributed by atoms with E-state index in [9.17, 15) is 4.79 Å². The molecule has 4 rings (SSSR count). The number of fused-ring (bicyclic) bond motifs is 1. The van der Waals surface area contributed by atoms with Crippen molar-refractivity contribution in [3.8, 4) is 11.4 Å². The average molecular weight is 414 g/mol. The summed E-state index contributed by atoms with van der Waals surface area (Å²) in [4.78, 5) is 22.2. The number of hydrogen-bond donors (Lipinski definition) is 1. The molecule has 3 aromatic carbocycles. The van der Waals surface area contributed by atoms with Crippen molar-refractivity contribution in [3.05, 3.63) is 83.9 Å². The number of aromatic nitrogens is 2. The summed E-state index contributed by atoms with van der Waals surface area (Å²) in [5.41, 5.74) is 4.98. The van der Waals surface area contributed by atoms with Gasteiger partial charge >= 0.3 is 0 Å². The first-order valence-electron chi connectivity index (χ1n) is 9.99. The zero-order chi connectivity index (χ0) is 20.9. The molecule has 0 bridgehead atoms. The summed E-state index contributed by atoms with van der Waals surface area (Å²) in [7, 11) is 0. The van der Waals surface area contributed by atoms with Crippen LogP contribution >= 0.6 is 11.8 Å². The second-order valence-electron chi connectivity index (χ2n) is 7.04. The molecule has 1 N–H and O–H groups in total. The number of nitrogens with zero attached hydrogens (tertiary/aromatic N) is 2. The van der Waals surface area contributed by atoms with Crippen molar-refractivity contribution in [2.75, 3.05) is 11.1 Å². The first kappa shape index (κ1) is 20.1. The smallest absolute Gasteiger partial charge is 0.234 e. The van der Waals surface area contributed by atoms with Crippen molar-refractivity contribution < 1.29 is 4.79 Å². The molecule has 5 heteroatoms. The summed E-state index contributed by atoms with van der Waals surface area (Å²) in [6.45, 7) is 4.13. The molecule has 0 fully saturated rings. The van der Waals surface area contributed by atoms with Crippen LogP contribution in [0.1, 0.15) is 18.1 Å². The highest BCUT2D eigenvalue weighted by atomic mass is 32.2. The van der Waals surface area contributed by atoms with E-state index in [2.05, 4.69) is 12.2 Å². The van der Waals surface area contributed by atoms with Crippen LogP contribution in [-0.4, -0.2) is 21.6 Å². The van der Waals surface area contributed by atoms with Crippen LogP contribution in [0.4, 0.5) is 5.69 Å². The molecule has 0 unspecified atom stereocenters. The van der Waals surface area contributed by atoms with E-state index >= 15 is 0 Å². The van der Waals surface area contributed by atoms with Gasteiger partial charge in [0.2, 0.25) is 5.91 Å². The maximum atomic E-state index is 12.6. The van der Waals surface area contributed by atoms with Crippen molar-refractivity contribution in [2.45, 2.75) is 25.3 Å². The van der Waals surface area contributed by atoms with Gasteiger partial charge in [-0.3, -0.25) is 4.79 Å². The lowest BCUT2D eigenvalue weighted by Crippen LogP contribution is -2.15. The van der Waals surface area contributed by atoms with Gasteiger partial charge < -0.3 is 5.32 Å². The molecule has 30 heavy (non-hydrogen) atoms. The highest BCUT2D eigenvalue weighted by molar-refractivity contribution is 8.00. The SMILES string of the molecule is CCc1ccccc1NC(=O)CSc1nc(-c2ccccc2)nc2c(C)cccc12. The number of benzene rings is 3. The van der Waals surface area contributed by atoms with Crippen LogP contribution in [0.25, 0.3) is 22.3 Å². The van der Waals surface area contributed by atoms with Gasteiger partial charge in [-0.1, -0.05) is 85.4 Å². The summed E-state index contributed by atoms with van der Waals surface area (Å²) in [6.07, 6.45) is 0.875. The Morgan fingerprint density at radius 2 is 1.70 bits per heavy atom. The molecule has 0 saturated heterocycles. The molecular formula is C25H23N3OS. The summed E-state index contributed by atoms with van der Waals surface area (Å²) in [5.74, 6) is 0.921. The van der Waals surface area contributed by atoms with Gasteiger partial charge in [-0.25, -0.2) is 9.97 Å². The van der Waals surface area contributed by atoms with E-state index in [1.54, 1.807) is 0 Å². The predicted molar refractivity (Wildman–Crippen MR) is 125 cm³/mol. The quantitative estimate of drug-likeness (QED) is 0.316. The maximum absolute atomic E-state index is 12.6. The van der Waals surface area contributed by atoms with Gasteiger partial charge in [-0.05, 0) is 30.5 Å². The van der Waals surface area contributed by atoms with Gasteiger partial charge in [-0.15, -0.1) is 0 Å². The fourth-order valence-electron chi connectivity index (χ4n) is 3.36. The van der Waals surface area contributed by atoms with Gasteiger partial charge in [0.1, 0.15) is 5.03 Å². The fourth-order valence-corrected chi connectivity index (χ4v) is 4.18. The lowest BCUT2D eigenvalue weighted by atomic mass is 10.1. The van der Waals surface area contributed by atoms with Crippen molar-refractivity contribution in [1.29, 1.82) is 0 Å². The van der Waals surface area contributed by atoms with Crippen molar-refractivity contribution in [1.82, 2.24) is 9.97 Å². The van der Waals surface area contributed by atoms with E-state index in [1.165, 1.54) is 11.8 Å². The summed E-state index contributed by atoms with van der Waals surface area (Å²) in [5, 5.41) is 4.83. The molecule has 4 nitrogen and oxygen atoms in total. The molecule has 0 radical (unpaired) electrons. The number of anilines is 1. The lowest BCUT2D eigenvalue weighted by molar-refractivity contribution is -0.113. The highest BCUT2D eigenvalue weighted by Crippen LogP contribution is 2.30. The van der Waals surface area contributed by atoms with Gasteiger partial charge in [0.15, 0.2) is 5.82 Å². The van der Waals surface area contributed by atoms with Gasteiger partial charge in [-0.2, -0.15) is 0 Å². The number of para-hydroxylation sites is 2. The van der Waals surface area contributed by atoms with Crippen LogP contribution in [0.3, 0.4) is 0 Å². The number of aryl methyl sites for hydroxylation is 2. The molecular weight excluding hydrogens is 390 g/mol. The average Bonchev–Trinajstić information content (AvgIpc) is 2.79. The minimum Gasteiger partial charge on any atom is -0.325 e. The maximum Gasteiger partial charge on any atom is 0.234 e. The molecule has 1 aromatic heterocycles. The topological polar surface area (TPSA) is 54.9 Å². The largest absolute Gasteiger partial charge is 0.325 e. The van der Waals surface area contributed by atoms with Crippen molar-refractivity contribution in [2.24, 2.45) is 0 Å².